The predicted octanol–water partition coefficient (Wildman–Crippen LogP) is 3.42. The highest BCUT2D eigenvalue weighted by Crippen LogP contribution is 2.27. The monoisotopic (exact) mass is 385 g/mol. The van der Waals surface area contributed by atoms with Gasteiger partial charge < -0.3 is 4.90 Å². The smallest absolute Gasteiger partial charge is 0.267 e. The topological polar surface area (TPSA) is 82.5 Å². The Morgan fingerprint density at radius 2 is 1.79 bits per heavy atom. The van der Waals surface area contributed by atoms with Crippen LogP contribution in [-0.4, -0.2) is 26.9 Å². The molecule has 1 aliphatic rings. The molecule has 0 fully saturated rings. The van der Waals surface area contributed by atoms with Gasteiger partial charge in [-0.1, -0.05) is 36.4 Å². The van der Waals surface area contributed by atoms with Crippen LogP contribution >= 0.6 is 0 Å². The first-order valence-electron chi connectivity index (χ1n) is 9.18. The van der Waals surface area contributed by atoms with Crippen LogP contribution in [0, 0.1) is 0 Å². The van der Waals surface area contributed by atoms with Crippen LogP contribution in [0.25, 0.3) is 17.2 Å². The lowest BCUT2D eigenvalue weighted by atomic mass is 10.1. The molecular formula is C23H19N3O3. The molecule has 0 saturated carbocycles. The van der Waals surface area contributed by atoms with Gasteiger partial charge in [0.2, 0.25) is 0 Å². The summed E-state index contributed by atoms with van der Waals surface area (Å²) in [4.78, 5) is 29.8. The van der Waals surface area contributed by atoms with Crippen LogP contribution in [0.2, 0.25) is 0 Å². The van der Waals surface area contributed by atoms with Crippen molar-refractivity contribution in [3.05, 3.63) is 95.3 Å². The van der Waals surface area contributed by atoms with Crippen LogP contribution in [0.15, 0.2) is 73.1 Å². The average Bonchev–Trinajstić information content (AvgIpc) is 3.08. The molecule has 4 rings (SSSR count). The summed E-state index contributed by atoms with van der Waals surface area (Å²) in [6, 6.07) is 17.6. The van der Waals surface area contributed by atoms with Gasteiger partial charge in [-0.25, -0.2) is 5.48 Å². The average molecular weight is 385 g/mol. The van der Waals surface area contributed by atoms with Crippen molar-refractivity contribution in [2.45, 2.75) is 13.1 Å². The maximum Gasteiger partial charge on any atom is 0.267 e. The van der Waals surface area contributed by atoms with Crippen molar-refractivity contribution < 1.29 is 14.8 Å². The summed E-state index contributed by atoms with van der Waals surface area (Å²) in [5.74, 6) is -0.645. The number of hydrogen-bond acceptors (Lipinski definition) is 4. The SMILES string of the molecule is O=C(C=Cc1ccc2c(c1)C(=O)N(Cc1ccc(-c3ccncc3)cc1)C2)NO. The number of aromatic nitrogens is 1. The van der Waals surface area contributed by atoms with Crippen LogP contribution in [0.3, 0.4) is 0 Å². The van der Waals surface area contributed by atoms with Crippen molar-refractivity contribution in [3.63, 3.8) is 0 Å². The second-order valence-electron chi connectivity index (χ2n) is 6.82. The van der Waals surface area contributed by atoms with Crippen LogP contribution in [0.1, 0.15) is 27.0 Å². The number of amides is 2. The maximum atomic E-state index is 12.8. The third-order valence-corrected chi connectivity index (χ3v) is 4.89. The highest BCUT2D eigenvalue weighted by molar-refractivity contribution is 5.99. The minimum Gasteiger partial charge on any atom is -0.330 e. The zero-order valence-corrected chi connectivity index (χ0v) is 15.6. The Morgan fingerprint density at radius 1 is 1.07 bits per heavy atom. The van der Waals surface area contributed by atoms with E-state index < -0.39 is 5.91 Å². The van der Waals surface area contributed by atoms with E-state index in [1.54, 1.807) is 34.9 Å². The maximum absolute atomic E-state index is 12.8. The van der Waals surface area contributed by atoms with Gasteiger partial charge in [-0.2, -0.15) is 0 Å². The Labute approximate surface area is 168 Å². The standard InChI is InChI=1S/C23H19N3O3/c27-22(25-29)8-4-16-1-7-20-15-26(23(28)21(20)13-16)14-17-2-5-18(6-3-17)19-9-11-24-12-10-19/h1-13,29H,14-15H2,(H,25,27). The van der Waals surface area contributed by atoms with Gasteiger partial charge in [0.25, 0.3) is 11.8 Å². The van der Waals surface area contributed by atoms with Crippen molar-refractivity contribution in [3.8, 4) is 11.1 Å². The molecule has 0 atom stereocenters. The fourth-order valence-electron chi connectivity index (χ4n) is 3.39. The molecule has 0 saturated heterocycles. The van der Waals surface area contributed by atoms with Gasteiger partial charge >= 0.3 is 0 Å². The van der Waals surface area contributed by atoms with E-state index in [2.05, 4.69) is 4.98 Å². The molecule has 0 radical (unpaired) electrons. The van der Waals surface area contributed by atoms with E-state index in [1.807, 2.05) is 48.5 Å². The Balaban J connectivity index is 1.47. The van der Waals surface area contributed by atoms with Gasteiger partial charge in [-0.05, 0) is 52.1 Å². The first-order chi connectivity index (χ1) is 14.1. The zero-order valence-electron chi connectivity index (χ0n) is 15.6. The van der Waals surface area contributed by atoms with Crippen LogP contribution < -0.4 is 5.48 Å². The lowest BCUT2D eigenvalue weighted by Crippen LogP contribution is -2.23. The molecule has 6 nitrogen and oxygen atoms in total. The van der Waals surface area contributed by atoms with Crippen molar-refractivity contribution in [2.75, 3.05) is 0 Å². The molecule has 2 aromatic carbocycles. The normalized spacial score (nSPS) is 13.0. The largest absolute Gasteiger partial charge is 0.330 e. The zero-order chi connectivity index (χ0) is 20.2. The molecule has 6 heteroatoms. The highest BCUT2D eigenvalue weighted by Gasteiger charge is 2.27. The lowest BCUT2D eigenvalue weighted by Gasteiger charge is -2.16. The summed E-state index contributed by atoms with van der Waals surface area (Å²) < 4.78 is 0. The Morgan fingerprint density at radius 3 is 2.52 bits per heavy atom. The van der Waals surface area contributed by atoms with Crippen LogP contribution in [0.5, 0.6) is 0 Å². The van der Waals surface area contributed by atoms with E-state index in [4.69, 9.17) is 5.21 Å². The number of nitrogens with one attached hydrogen (secondary N) is 1. The minimum absolute atomic E-state index is 0.0277. The molecule has 1 aliphatic heterocycles. The van der Waals surface area contributed by atoms with Crippen molar-refractivity contribution >= 4 is 17.9 Å². The van der Waals surface area contributed by atoms with Crippen LogP contribution in [-0.2, 0) is 17.9 Å². The van der Waals surface area contributed by atoms with E-state index in [9.17, 15) is 9.59 Å². The molecule has 0 bridgehead atoms. The molecule has 0 aliphatic carbocycles. The summed E-state index contributed by atoms with van der Waals surface area (Å²) in [5, 5.41) is 8.55. The molecule has 0 unspecified atom stereocenters. The van der Waals surface area contributed by atoms with Crippen molar-refractivity contribution in [2.24, 2.45) is 0 Å². The number of fused-ring (bicyclic) bond motifs is 1. The molecule has 2 amide bonds. The number of rotatable bonds is 5. The third kappa shape index (κ3) is 4.07. The molecule has 0 spiro atoms. The van der Waals surface area contributed by atoms with E-state index >= 15 is 0 Å². The molecule has 3 aromatic rings. The molecule has 2 heterocycles. The first kappa shape index (κ1) is 18.6. The fourth-order valence-corrected chi connectivity index (χ4v) is 3.39. The van der Waals surface area contributed by atoms with Gasteiger partial charge in [0, 0.05) is 37.1 Å². The van der Waals surface area contributed by atoms with Crippen LogP contribution in [0.4, 0.5) is 0 Å². The summed E-state index contributed by atoms with van der Waals surface area (Å²) >= 11 is 0. The van der Waals surface area contributed by atoms with E-state index in [0.717, 1.165) is 27.8 Å². The van der Waals surface area contributed by atoms with Gasteiger partial charge in [0.15, 0.2) is 0 Å². The van der Waals surface area contributed by atoms with E-state index in [-0.39, 0.29) is 5.91 Å². The molecule has 144 valence electrons. The molecule has 1 aromatic heterocycles. The van der Waals surface area contributed by atoms with Gasteiger partial charge in [-0.3, -0.25) is 19.8 Å². The Kier molecular flexibility index (Phi) is 5.18. The summed E-state index contributed by atoms with van der Waals surface area (Å²) in [6.45, 7) is 1.09. The van der Waals surface area contributed by atoms with Crippen molar-refractivity contribution in [1.82, 2.24) is 15.4 Å². The number of hydrogen-bond donors (Lipinski definition) is 2. The van der Waals surface area contributed by atoms with Gasteiger partial charge in [0.05, 0.1) is 0 Å². The molecule has 29 heavy (non-hydrogen) atoms. The molecular weight excluding hydrogens is 366 g/mol. The number of carbonyl (C=O) groups excluding carboxylic acids is 2. The number of carbonyl (C=O) groups is 2. The quantitative estimate of drug-likeness (QED) is 0.401. The Bertz CT molecular complexity index is 1080. The van der Waals surface area contributed by atoms with Gasteiger partial charge in [-0.15, -0.1) is 0 Å². The van der Waals surface area contributed by atoms with Crippen molar-refractivity contribution in [1.29, 1.82) is 0 Å². The minimum atomic E-state index is -0.617. The first-order valence-corrected chi connectivity index (χ1v) is 9.18. The number of hydroxylamine groups is 1. The summed E-state index contributed by atoms with van der Waals surface area (Å²) in [7, 11) is 0. The highest BCUT2D eigenvalue weighted by atomic mass is 16.5. The second-order valence-corrected chi connectivity index (χ2v) is 6.82. The third-order valence-electron chi connectivity index (χ3n) is 4.89. The fraction of sp³-hybridized carbons (Fsp3) is 0.0870. The van der Waals surface area contributed by atoms with Gasteiger partial charge in [0.1, 0.15) is 0 Å². The molecule has 2 N–H and O–H groups in total. The number of benzene rings is 2. The lowest BCUT2D eigenvalue weighted by molar-refractivity contribution is -0.124. The van der Waals surface area contributed by atoms with E-state index in [0.29, 0.717) is 18.7 Å². The predicted molar refractivity (Wildman–Crippen MR) is 109 cm³/mol. The second kappa shape index (κ2) is 8.08. The van der Waals surface area contributed by atoms with E-state index in [1.165, 1.54) is 6.08 Å². The number of nitrogens with zero attached hydrogens (tertiary/aromatic N) is 2. The Hall–Kier alpha value is -3.77. The summed E-state index contributed by atoms with van der Waals surface area (Å²) in [5.41, 5.74) is 7.14. The summed E-state index contributed by atoms with van der Waals surface area (Å²) in [6.07, 6.45) is 6.30. The number of pyridine rings is 1.